The molecule has 0 bridgehead atoms. The molecular formula is C24H24FN3O3. The molecule has 0 aliphatic heterocycles. The highest BCUT2D eigenvalue weighted by molar-refractivity contribution is 5.89. The van der Waals surface area contributed by atoms with Gasteiger partial charge in [0.2, 0.25) is 5.89 Å². The Balaban J connectivity index is 1.67. The minimum absolute atomic E-state index is 0.0905. The van der Waals surface area contributed by atoms with Crippen molar-refractivity contribution in [3.63, 3.8) is 0 Å². The molecule has 1 saturated carbocycles. The van der Waals surface area contributed by atoms with Crippen LogP contribution in [0.25, 0.3) is 16.6 Å². The van der Waals surface area contributed by atoms with Crippen LogP contribution in [-0.4, -0.2) is 19.9 Å². The highest BCUT2D eigenvalue weighted by Crippen LogP contribution is 2.52. The number of aromatic hydroxyl groups is 1. The van der Waals surface area contributed by atoms with Crippen LogP contribution in [0.5, 0.6) is 5.75 Å². The van der Waals surface area contributed by atoms with Crippen molar-refractivity contribution in [3.05, 3.63) is 75.5 Å². The van der Waals surface area contributed by atoms with E-state index in [2.05, 4.69) is 28.6 Å². The monoisotopic (exact) mass is 421 g/mol. The van der Waals surface area contributed by atoms with Crippen molar-refractivity contribution in [3.8, 4) is 11.4 Å². The number of rotatable bonds is 4. The number of fused-ring (bicyclic) bond motifs is 1. The summed E-state index contributed by atoms with van der Waals surface area (Å²) < 4.78 is 21.3. The van der Waals surface area contributed by atoms with Crippen LogP contribution in [0.3, 0.4) is 0 Å². The molecule has 1 aliphatic rings. The number of benzene rings is 2. The van der Waals surface area contributed by atoms with Crippen LogP contribution in [0.15, 0.2) is 45.6 Å². The standard InChI is InChI=1S/C24H24FN3O3/c1-12(2)22-21(14-9-15(10-14)23-26-27-24(30)31-23)18-11-17(29)5-7-20(18)28(22)16-4-6-19(25)13(3)8-16/h4-8,11-12,14-15,29H,9-10H2,1-3H3,(H,27,30). The lowest BCUT2D eigenvalue weighted by atomic mass is 9.70. The predicted octanol–water partition coefficient (Wildman–Crippen LogP) is 5.24. The summed E-state index contributed by atoms with van der Waals surface area (Å²) in [4.78, 5) is 11.3. The summed E-state index contributed by atoms with van der Waals surface area (Å²) in [6, 6.07) is 10.6. The van der Waals surface area contributed by atoms with Crippen LogP contribution in [-0.2, 0) is 0 Å². The molecule has 0 saturated heterocycles. The first kappa shape index (κ1) is 19.6. The van der Waals surface area contributed by atoms with E-state index in [-0.39, 0.29) is 29.3 Å². The molecule has 1 fully saturated rings. The van der Waals surface area contributed by atoms with E-state index in [9.17, 15) is 14.3 Å². The normalized spacial score (nSPS) is 18.6. The first-order valence-corrected chi connectivity index (χ1v) is 10.5. The summed E-state index contributed by atoms with van der Waals surface area (Å²) >= 11 is 0. The first-order chi connectivity index (χ1) is 14.8. The molecule has 0 spiro atoms. The Morgan fingerprint density at radius 3 is 2.61 bits per heavy atom. The van der Waals surface area contributed by atoms with Gasteiger partial charge in [0.1, 0.15) is 11.6 Å². The molecule has 31 heavy (non-hydrogen) atoms. The molecule has 2 aromatic carbocycles. The van der Waals surface area contributed by atoms with Crippen LogP contribution < -0.4 is 5.76 Å². The summed E-state index contributed by atoms with van der Waals surface area (Å²) in [6.07, 6.45) is 1.62. The van der Waals surface area contributed by atoms with Gasteiger partial charge in [-0.25, -0.2) is 14.3 Å². The summed E-state index contributed by atoms with van der Waals surface area (Å²) in [5.41, 5.74) is 4.82. The number of phenolic OH excluding ortho intramolecular Hbond substituents is 1. The van der Waals surface area contributed by atoms with E-state index in [1.54, 1.807) is 19.1 Å². The Morgan fingerprint density at radius 1 is 1.19 bits per heavy atom. The number of hydrogen-bond acceptors (Lipinski definition) is 4. The third-order valence-corrected chi connectivity index (χ3v) is 6.32. The molecular weight excluding hydrogens is 397 g/mol. The second kappa shape index (κ2) is 7.11. The molecule has 4 aromatic rings. The number of aryl methyl sites for hydroxylation is 1. The van der Waals surface area contributed by atoms with E-state index in [0.29, 0.717) is 11.5 Å². The minimum Gasteiger partial charge on any atom is -0.508 e. The third-order valence-electron chi connectivity index (χ3n) is 6.32. The largest absolute Gasteiger partial charge is 0.508 e. The molecule has 2 N–H and O–H groups in total. The number of halogens is 1. The zero-order chi connectivity index (χ0) is 21.9. The van der Waals surface area contributed by atoms with E-state index in [1.165, 1.54) is 11.6 Å². The zero-order valence-corrected chi connectivity index (χ0v) is 17.6. The fraction of sp³-hybridized carbons (Fsp3) is 0.333. The van der Waals surface area contributed by atoms with Gasteiger partial charge in [-0.15, -0.1) is 5.10 Å². The number of H-pyrrole nitrogens is 1. The Bertz CT molecular complexity index is 1340. The van der Waals surface area contributed by atoms with Crippen molar-refractivity contribution < 1.29 is 13.9 Å². The topological polar surface area (TPSA) is 84.0 Å². The van der Waals surface area contributed by atoms with Gasteiger partial charge in [-0.2, -0.15) is 0 Å². The van der Waals surface area contributed by atoms with Gasteiger partial charge in [-0.1, -0.05) is 13.8 Å². The lowest BCUT2D eigenvalue weighted by Gasteiger charge is -2.34. The van der Waals surface area contributed by atoms with Gasteiger partial charge in [-0.3, -0.25) is 0 Å². The SMILES string of the molecule is Cc1cc(-n2c(C(C)C)c(C3CC(c4n[nH]c(=O)o4)C3)c3cc(O)ccc32)ccc1F. The maximum atomic E-state index is 14.0. The molecule has 0 amide bonds. The molecule has 1 aliphatic carbocycles. The Morgan fingerprint density at radius 2 is 1.97 bits per heavy atom. The number of nitrogens with zero attached hydrogens (tertiary/aromatic N) is 2. The van der Waals surface area contributed by atoms with Crippen molar-refractivity contribution in [1.82, 2.24) is 14.8 Å². The molecule has 5 rings (SSSR count). The second-order valence-electron chi connectivity index (χ2n) is 8.74. The molecule has 160 valence electrons. The summed E-state index contributed by atoms with van der Waals surface area (Å²) in [7, 11) is 0. The fourth-order valence-corrected chi connectivity index (χ4v) is 4.84. The number of phenols is 1. The Hall–Kier alpha value is -3.35. The maximum Gasteiger partial charge on any atom is 0.434 e. The van der Waals surface area contributed by atoms with Crippen LogP contribution in [0.2, 0.25) is 0 Å². The van der Waals surface area contributed by atoms with Gasteiger partial charge in [0, 0.05) is 22.7 Å². The van der Waals surface area contributed by atoms with Crippen LogP contribution in [0, 0.1) is 12.7 Å². The molecule has 0 radical (unpaired) electrons. The fourth-order valence-electron chi connectivity index (χ4n) is 4.84. The van der Waals surface area contributed by atoms with Gasteiger partial charge < -0.3 is 14.1 Å². The molecule has 2 heterocycles. The van der Waals surface area contributed by atoms with Gasteiger partial charge >= 0.3 is 5.76 Å². The van der Waals surface area contributed by atoms with Crippen molar-refractivity contribution in [2.45, 2.75) is 51.4 Å². The third kappa shape index (κ3) is 3.15. The predicted molar refractivity (Wildman–Crippen MR) is 116 cm³/mol. The van der Waals surface area contributed by atoms with E-state index in [0.717, 1.165) is 35.1 Å². The number of aromatic amines is 1. The van der Waals surface area contributed by atoms with Gasteiger partial charge in [0.05, 0.1) is 5.52 Å². The number of aromatic nitrogens is 3. The maximum absolute atomic E-state index is 14.0. The van der Waals surface area contributed by atoms with Crippen LogP contribution in [0.1, 0.15) is 67.2 Å². The highest BCUT2D eigenvalue weighted by Gasteiger charge is 2.39. The minimum atomic E-state index is -0.533. The molecule has 6 nitrogen and oxygen atoms in total. The number of hydrogen-bond donors (Lipinski definition) is 2. The second-order valence-corrected chi connectivity index (χ2v) is 8.74. The number of nitrogens with one attached hydrogen (secondary N) is 1. The Kier molecular flexibility index (Phi) is 4.50. The van der Waals surface area contributed by atoms with Gasteiger partial charge in [0.25, 0.3) is 0 Å². The Labute approximate surface area is 178 Å². The van der Waals surface area contributed by atoms with E-state index < -0.39 is 5.76 Å². The van der Waals surface area contributed by atoms with E-state index in [1.807, 2.05) is 18.2 Å². The first-order valence-electron chi connectivity index (χ1n) is 10.5. The molecule has 0 atom stereocenters. The van der Waals surface area contributed by atoms with Gasteiger partial charge in [-0.05, 0) is 79.1 Å². The van der Waals surface area contributed by atoms with E-state index in [4.69, 9.17) is 4.42 Å². The van der Waals surface area contributed by atoms with Crippen molar-refractivity contribution in [1.29, 1.82) is 0 Å². The quantitative estimate of drug-likeness (QED) is 0.472. The zero-order valence-electron chi connectivity index (χ0n) is 17.6. The van der Waals surface area contributed by atoms with Crippen molar-refractivity contribution in [2.75, 3.05) is 0 Å². The average molecular weight is 421 g/mol. The highest BCUT2D eigenvalue weighted by atomic mass is 19.1. The van der Waals surface area contributed by atoms with Gasteiger partial charge in [0.15, 0.2) is 0 Å². The summed E-state index contributed by atoms with van der Waals surface area (Å²) in [6.45, 7) is 6.06. The molecule has 7 heteroatoms. The van der Waals surface area contributed by atoms with Crippen LogP contribution >= 0.6 is 0 Å². The van der Waals surface area contributed by atoms with E-state index >= 15 is 0 Å². The van der Waals surface area contributed by atoms with Crippen molar-refractivity contribution in [2.24, 2.45) is 0 Å². The lowest BCUT2D eigenvalue weighted by molar-refractivity contribution is 0.286. The lowest BCUT2D eigenvalue weighted by Crippen LogP contribution is -2.22. The summed E-state index contributed by atoms with van der Waals surface area (Å²) in [5.74, 6) is 0.446. The molecule has 2 aromatic heterocycles. The van der Waals surface area contributed by atoms with Crippen LogP contribution in [0.4, 0.5) is 4.39 Å². The smallest absolute Gasteiger partial charge is 0.434 e. The molecule has 0 unspecified atom stereocenters. The average Bonchev–Trinajstić information content (AvgIpc) is 3.25. The summed E-state index contributed by atoms with van der Waals surface area (Å²) in [5, 5.41) is 17.5. The van der Waals surface area contributed by atoms with Crippen molar-refractivity contribution >= 4 is 10.9 Å².